The molecule has 9 rings (SSSR count). The minimum atomic E-state index is -4.79. The molecule has 0 saturated heterocycles. The van der Waals surface area contributed by atoms with Crippen molar-refractivity contribution in [1.82, 2.24) is 9.55 Å². The first-order chi connectivity index (χ1) is 24.4. The molecule has 0 aliphatic carbocycles. The third-order valence-electron chi connectivity index (χ3n) is 9.90. The molecule has 4 nitrogen and oxygen atoms in total. The molecule has 0 amide bonds. The van der Waals surface area contributed by atoms with Crippen LogP contribution >= 0.6 is 0 Å². The van der Waals surface area contributed by atoms with E-state index in [1.807, 2.05) is 97.1 Å². The summed E-state index contributed by atoms with van der Waals surface area (Å²) in [5, 5.41) is 0.338. The van der Waals surface area contributed by atoms with Gasteiger partial charge in [-0.25, -0.2) is 4.98 Å². The van der Waals surface area contributed by atoms with Gasteiger partial charge in [-0.2, -0.15) is 13.2 Å². The molecule has 2 atom stereocenters. The van der Waals surface area contributed by atoms with Crippen LogP contribution in [-0.2, 0) is 22.1 Å². The molecule has 6 aromatic carbocycles. The van der Waals surface area contributed by atoms with Gasteiger partial charge in [-0.1, -0.05) is 146 Å². The first-order valence-corrected chi connectivity index (χ1v) is 16.3. The van der Waals surface area contributed by atoms with E-state index in [1.54, 1.807) is 59.2 Å². The number of ether oxygens (including phenoxy) is 1. The van der Waals surface area contributed by atoms with Crippen LogP contribution in [0.25, 0.3) is 33.6 Å². The molecule has 0 spiro atoms. The zero-order chi connectivity index (χ0) is 34.1. The van der Waals surface area contributed by atoms with E-state index in [-0.39, 0.29) is 17.0 Å². The van der Waals surface area contributed by atoms with Crippen LogP contribution in [0.1, 0.15) is 33.4 Å². The van der Waals surface area contributed by atoms with Crippen molar-refractivity contribution in [2.75, 3.05) is 0 Å². The monoisotopic (exact) mass is 660 g/mol. The second-order valence-corrected chi connectivity index (χ2v) is 12.5. The van der Waals surface area contributed by atoms with Crippen molar-refractivity contribution in [1.29, 1.82) is 0 Å². The second-order valence-electron chi connectivity index (χ2n) is 12.5. The van der Waals surface area contributed by atoms with Gasteiger partial charge in [-0.05, 0) is 29.3 Å². The van der Waals surface area contributed by atoms with Crippen molar-refractivity contribution in [3.63, 3.8) is 0 Å². The van der Waals surface area contributed by atoms with Crippen molar-refractivity contribution >= 4 is 22.2 Å². The van der Waals surface area contributed by atoms with Crippen LogP contribution in [0.4, 0.5) is 13.2 Å². The van der Waals surface area contributed by atoms with Gasteiger partial charge < -0.3 is 4.74 Å². The summed E-state index contributed by atoms with van der Waals surface area (Å²) < 4.78 is 55.9. The molecule has 0 N–H and O–H groups in total. The first-order valence-electron chi connectivity index (χ1n) is 16.3. The lowest BCUT2D eigenvalue weighted by Gasteiger charge is -2.52. The van der Waals surface area contributed by atoms with Crippen LogP contribution in [0, 0.1) is 0 Å². The fourth-order valence-electron chi connectivity index (χ4n) is 8.08. The lowest BCUT2D eigenvalue weighted by molar-refractivity contribution is -0.140. The average Bonchev–Trinajstić information content (AvgIpc) is 3.49. The molecule has 1 aromatic heterocycles. The van der Waals surface area contributed by atoms with E-state index in [4.69, 9.17) is 9.72 Å². The Kier molecular flexibility index (Phi) is 6.52. The summed E-state index contributed by atoms with van der Waals surface area (Å²) in [6.45, 7) is 0. The van der Waals surface area contributed by atoms with Crippen molar-refractivity contribution < 1.29 is 17.9 Å². The SMILES string of the molecule is O=c1c2ccccc2nc2n1[C@@]1(c3ccccc3)C(c3ccccc3)=C(c3ccccc3)O[C@@]1(c1ccccc1)c1c-2cccc1C(F)(F)F. The van der Waals surface area contributed by atoms with Gasteiger partial charge in [-0.3, -0.25) is 9.36 Å². The van der Waals surface area contributed by atoms with E-state index in [2.05, 4.69) is 0 Å². The summed E-state index contributed by atoms with van der Waals surface area (Å²) in [6, 6.07) is 48.1. The van der Waals surface area contributed by atoms with Crippen LogP contribution in [-0.4, -0.2) is 9.55 Å². The number of benzene rings is 6. The Morgan fingerprint density at radius 1 is 0.600 bits per heavy atom. The average molecular weight is 661 g/mol. The van der Waals surface area contributed by atoms with Gasteiger partial charge in [0.1, 0.15) is 11.6 Å². The Balaban J connectivity index is 1.64. The number of fused-ring (bicyclic) bond motifs is 7. The summed E-state index contributed by atoms with van der Waals surface area (Å²) in [4.78, 5) is 20.4. The number of alkyl halides is 3. The van der Waals surface area contributed by atoms with Gasteiger partial charge in [0.05, 0.1) is 16.5 Å². The predicted octanol–water partition coefficient (Wildman–Crippen LogP) is 9.68. The molecular weight excluding hydrogens is 633 g/mol. The van der Waals surface area contributed by atoms with Crippen LogP contribution in [0.5, 0.6) is 0 Å². The fourth-order valence-corrected chi connectivity index (χ4v) is 8.08. The van der Waals surface area contributed by atoms with E-state index in [9.17, 15) is 0 Å². The molecule has 7 aromatic rings. The van der Waals surface area contributed by atoms with Gasteiger partial charge in [0, 0.05) is 27.8 Å². The zero-order valence-corrected chi connectivity index (χ0v) is 26.4. The van der Waals surface area contributed by atoms with Crippen LogP contribution in [0.3, 0.4) is 0 Å². The first kappa shape index (κ1) is 29.9. The summed E-state index contributed by atoms with van der Waals surface area (Å²) in [5.41, 5.74) is -1.63. The highest BCUT2D eigenvalue weighted by Crippen LogP contribution is 2.69. The molecule has 0 unspecified atom stereocenters. The maximum atomic E-state index is 15.6. The molecule has 50 heavy (non-hydrogen) atoms. The zero-order valence-electron chi connectivity index (χ0n) is 26.4. The Bertz CT molecular complexity index is 2510. The Hall–Kier alpha value is -6.21. The number of aromatic nitrogens is 2. The van der Waals surface area contributed by atoms with E-state index < -0.39 is 28.4 Å². The van der Waals surface area contributed by atoms with Crippen LogP contribution in [0.15, 0.2) is 169 Å². The standard InChI is InChI=1S/C43H27F3N2O2/c44-43(45,46)34-26-15-25-33-37(34)42(31-22-11-4-12-23-31)41(30-20-9-3-10-21-30,48-39(33)47-35-27-14-13-24-32(35)40(48)49)36(28-16-5-1-6-17-28)38(50-42)29-18-7-2-8-19-29/h1-27H/t41-,42-/m0/s1. The van der Waals surface area contributed by atoms with Crippen molar-refractivity contribution in [3.8, 4) is 11.4 Å². The second kappa shape index (κ2) is 10.9. The Labute approximate surface area is 285 Å². The minimum absolute atomic E-state index is 0.107. The number of hydrogen-bond acceptors (Lipinski definition) is 3. The van der Waals surface area contributed by atoms with E-state index in [1.165, 1.54) is 6.07 Å². The van der Waals surface area contributed by atoms with Crippen LogP contribution < -0.4 is 5.56 Å². The third-order valence-corrected chi connectivity index (χ3v) is 9.90. The van der Waals surface area contributed by atoms with Gasteiger partial charge in [-0.15, -0.1) is 0 Å². The smallest absolute Gasteiger partial charge is 0.416 e. The molecule has 0 fully saturated rings. The molecule has 2 aliphatic rings. The minimum Gasteiger partial charge on any atom is -0.473 e. The topological polar surface area (TPSA) is 44.1 Å². The van der Waals surface area contributed by atoms with Gasteiger partial charge in [0.2, 0.25) is 0 Å². The maximum Gasteiger partial charge on any atom is 0.416 e. The molecule has 242 valence electrons. The van der Waals surface area contributed by atoms with Crippen LogP contribution in [0.2, 0.25) is 0 Å². The van der Waals surface area contributed by atoms with E-state index in [0.717, 1.165) is 6.07 Å². The molecule has 2 aliphatic heterocycles. The number of nitrogens with zero attached hydrogens (tertiary/aromatic N) is 2. The van der Waals surface area contributed by atoms with E-state index >= 15 is 18.0 Å². The lowest BCUT2D eigenvalue weighted by atomic mass is 9.59. The highest BCUT2D eigenvalue weighted by Gasteiger charge is 2.71. The number of para-hydroxylation sites is 1. The van der Waals surface area contributed by atoms with Gasteiger partial charge >= 0.3 is 6.18 Å². The van der Waals surface area contributed by atoms with Gasteiger partial charge in [0.15, 0.2) is 11.1 Å². The Morgan fingerprint density at radius 3 is 1.80 bits per heavy atom. The molecule has 0 bridgehead atoms. The molecule has 7 heteroatoms. The summed E-state index contributed by atoms with van der Waals surface area (Å²) in [5.74, 6) is 0.483. The largest absolute Gasteiger partial charge is 0.473 e. The fraction of sp³-hybridized carbons (Fsp3) is 0.0698. The summed E-state index contributed by atoms with van der Waals surface area (Å²) in [6.07, 6.45) is -4.79. The summed E-state index contributed by atoms with van der Waals surface area (Å²) in [7, 11) is 0. The third kappa shape index (κ3) is 3.94. The van der Waals surface area contributed by atoms with Crippen molar-refractivity contribution in [2.45, 2.75) is 17.3 Å². The molecule has 0 saturated carbocycles. The Morgan fingerprint density at radius 2 is 1.16 bits per heavy atom. The number of hydrogen-bond donors (Lipinski definition) is 0. The van der Waals surface area contributed by atoms with Crippen molar-refractivity contribution in [3.05, 3.63) is 208 Å². The molecule has 3 heterocycles. The van der Waals surface area contributed by atoms with Crippen molar-refractivity contribution in [2.24, 2.45) is 0 Å². The normalized spacial score (nSPS) is 19.4. The highest BCUT2D eigenvalue weighted by molar-refractivity contribution is 6.00. The maximum absolute atomic E-state index is 15.6. The highest BCUT2D eigenvalue weighted by atomic mass is 19.4. The summed E-state index contributed by atoms with van der Waals surface area (Å²) >= 11 is 0. The van der Waals surface area contributed by atoms with Gasteiger partial charge in [0.25, 0.3) is 5.56 Å². The number of rotatable bonds is 4. The molecular formula is C43H27F3N2O2. The number of halogens is 3. The predicted molar refractivity (Wildman–Crippen MR) is 188 cm³/mol. The lowest BCUT2D eigenvalue weighted by Crippen LogP contribution is -2.60. The molecule has 0 radical (unpaired) electrons. The van der Waals surface area contributed by atoms with E-state index in [0.29, 0.717) is 44.5 Å². The quantitative estimate of drug-likeness (QED) is 0.189.